The zero-order valence-electron chi connectivity index (χ0n) is 12.5. The first-order valence-electron chi connectivity index (χ1n) is 7.12. The number of aryl methyl sites for hydroxylation is 2. The Morgan fingerprint density at radius 3 is 1.73 bits per heavy atom. The molecular formula is C18H16N2S2+2. The summed E-state index contributed by atoms with van der Waals surface area (Å²) in [4.78, 5) is 0. The molecule has 0 unspecified atom stereocenters. The van der Waals surface area contributed by atoms with E-state index >= 15 is 0 Å². The molecule has 0 fully saturated rings. The van der Waals surface area contributed by atoms with Crippen LogP contribution in [0.3, 0.4) is 0 Å². The molecule has 4 aromatic rings. The van der Waals surface area contributed by atoms with Gasteiger partial charge in [0.15, 0.2) is 24.8 Å². The minimum Gasteiger partial charge on any atom is -0.207 e. The molecule has 0 spiro atoms. The quantitative estimate of drug-likeness (QED) is 0.493. The zero-order valence-corrected chi connectivity index (χ0v) is 14.1. The second-order valence-electron chi connectivity index (χ2n) is 5.48. The monoisotopic (exact) mass is 324 g/mol. The Balaban J connectivity index is 1.97. The maximum absolute atomic E-state index is 2.28. The van der Waals surface area contributed by atoms with Crippen LogP contribution < -0.4 is 9.13 Å². The van der Waals surface area contributed by atoms with Crippen LogP contribution >= 0.6 is 22.7 Å². The number of nitrogens with zero attached hydrogens (tertiary/aromatic N) is 2. The van der Waals surface area contributed by atoms with Gasteiger partial charge in [-0.25, -0.2) is 9.13 Å². The molecule has 0 saturated heterocycles. The molecule has 22 heavy (non-hydrogen) atoms. The third-order valence-corrected chi connectivity index (χ3v) is 5.93. The molecule has 2 nitrogen and oxygen atoms in total. The Kier molecular flexibility index (Phi) is 3.28. The van der Waals surface area contributed by atoms with E-state index < -0.39 is 0 Å². The lowest BCUT2D eigenvalue weighted by Gasteiger charge is -2.01. The number of thiophene rings is 2. The summed E-state index contributed by atoms with van der Waals surface area (Å²) in [6.07, 6.45) is 8.51. The van der Waals surface area contributed by atoms with Crippen LogP contribution in [0.2, 0.25) is 0 Å². The summed E-state index contributed by atoms with van der Waals surface area (Å²) >= 11 is 3.67. The first-order chi connectivity index (χ1) is 10.7. The normalized spacial score (nSPS) is 11.2. The molecule has 4 heterocycles. The fraction of sp³-hybridized carbons (Fsp3) is 0.111. The molecule has 0 aliphatic rings. The van der Waals surface area contributed by atoms with Crippen LogP contribution in [0.4, 0.5) is 0 Å². The fourth-order valence-electron chi connectivity index (χ4n) is 2.77. The summed E-state index contributed by atoms with van der Waals surface area (Å²) in [5, 5.41) is 5.94. The van der Waals surface area contributed by atoms with Gasteiger partial charge in [0.25, 0.3) is 0 Å². The average molecular weight is 324 g/mol. The van der Waals surface area contributed by atoms with Crippen LogP contribution in [0, 0.1) is 0 Å². The summed E-state index contributed by atoms with van der Waals surface area (Å²) in [6, 6.07) is 8.59. The topological polar surface area (TPSA) is 7.76 Å². The van der Waals surface area contributed by atoms with Crippen LogP contribution in [-0.4, -0.2) is 0 Å². The van der Waals surface area contributed by atoms with Gasteiger partial charge in [0.1, 0.15) is 14.1 Å². The minimum atomic E-state index is 1.27. The number of aromatic nitrogens is 2. The van der Waals surface area contributed by atoms with E-state index in [4.69, 9.17) is 0 Å². The van der Waals surface area contributed by atoms with E-state index in [1.165, 1.54) is 31.7 Å². The smallest absolute Gasteiger partial charge is 0.176 e. The Labute approximate surface area is 137 Å². The lowest BCUT2D eigenvalue weighted by Crippen LogP contribution is -2.26. The maximum Gasteiger partial charge on any atom is 0.176 e. The van der Waals surface area contributed by atoms with Crippen molar-refractivity contribution in [1.29, 1.82) is 0 Å². The molecule has 0 aliphatic heterocycles. The van der Waals surface area contributed by atoms with E-state index in [0.29, 0.717) is 0 Å². The van der Waals surface area contributed by atoms with Gasteiger partial charge >= 0.3 is 0 Å². The molecule has 4 rings (SSSR count). The number of rotatable bonds is 2. The van der Waals surface area contributed by atoms with Gasteiger partial charge in [0.05, 0.1) is 4.01 Å². The second kappa shape index (κ2) is 5.30. The summed E-state index contributed by atoms with van der Waals surface area (Å²) < 4.78 is 5.60. The lowest BCUT2D eigenvalue weighted by molar-refractivity contribution is -0.671. The van der Waals surface area contributed by atoms with Crippen molar-refractivity contribution in [2.24, 2.45) is 14.1 Å². The molecule has 0 aliphatic carbocycles. The van der Waals surface area contributed by atoms with Gasteiger partial charge in [-0.15, -0.1) is 22.7 Å². The van der Waals surface area contributed by atoms with Crippen molar-refractivity contribution in [3.05, 3.63) is 59.8 Å². The van der Waals surface area contributed by atoms with Gasteiger partial charge in [-0.2, -0.15) is 0 Å². The van der Waals surface area contributed by atoms with Crippen LogP contribution in [0.15, 0.2) is 59.8 Å². The van der Waals surface area contributed by atoms with Crippen LogP contribution in [0.1, 0.15) is 0 Å². The first kappa shape index (κ1) is 13.6. The number of fused-ring (bicyclic) bond motifs is 1. The molecule has 0 aromatic carbocycles. The maximum atomic E-state index is 2.28. The highest BCUT2D eigenvalue weighted by molar-refractivity contribution is 7.37. The molecule has 108 valence electrons. The second-order valence-corrected chi connectivity index (χ2v) is 7.50. The van der Waals surface area contributed by atoms with E-state index in [9.17, 15) is 0 Å². The lowest BCUT2D eigenvalue weighted by atomic mass is 10.0. The molecule has 0 amide bonds. The van der Waals surface area contributed by atoms with E-state index in [1.807, 2.05) is 22.7 Å². The summed E-state index contributed by atoms with van der Waals surface area (Å²) in [5.74, 6) is 0. The van der Waals surface area contributed by atoms with Gasteiger partial charge in [0, 0.05) is 50.5 Å². The van der Waals surface area contributed by atoms with Gasteiger partial charge in [-0.05, 0) is 12.1 Å². The molecule has 0 atom stereocenters. The van der Waals surface area contributed by atoms with Crippen LogP contribution in [-0.2, 0) is 14.1 Å². The van der Waals surface area contributed by atoms with Crippen molar-refractivity contribution >= 4 is 32.1 Å². The van der Waals surface area contributed by atoms with Crippen molar-refractivity contribution in [2.45, 2.75) is 0 Å². The zero-order chi connectivity index (χ0) is 15.1. The van der Waals surface area contributed by atoms with Crippen molar-refractivity contribution in [1.82, 2.24) is 0 Å². The highest BCUT2D eigenvalue weighted by Crippen LogP contribution is 2.43. The van der Waals surface area contributed by atoms with Crippen molar-refractivity contribution in [2.75, 3.05) is 0 Å². The molecule has 4 aromatic heterocycles. The average Bonchev–Trinajstić information content (AvgIpc) is 3.08. The fourth-order valence-corrected chi connectivity index (χ4v) is 4.92. The van der Waals surface area contributed by atoms with E-state index in [1.54, 1.807) is 0 Å². The molecule has 4 heteroatoms. The van der Waals surface area contributed by atoms with Crippen LogP contribution in [0.5, 0.6) is 0 Å². The third kappa shape index (κ3) is 2.25. The largest absolute Gasteiger partial charge is 0.207 e. The van der Waals surface area contributed by atoms with Crippen molar-refractivity contribution in [3.8, 4) is 22.3 Å². The predicted octanol–water partition coefficient (Wildman–Crippen LogP) is 3.95. The van der Waals surface area contributed by atoms with Crippen molar-refractivity contribution < 1.29 is 9.13 Å². The van der Waals surface area contributed by atoms with Gasteiger partial charge in [-0.3, -0.25) is 0 Å². The van der Waals surface area contributed by atoms with Gasteiger partial charge in [-0.1, -0.05) is 0 Å². The standard InChI is InChI=1S/C18H16N2S2/c1-19-7-3-5-13(9-19)15-11-21-18-17(15)16(12-22-18)14-6-4-8-20(2)10-14/h3-12H,1-2H3/q+2. The molecule has 0 radical (unpaired) electrons. The highest BCUT2D eigenvalue weighted by Gasteiger charge is 2.16. The Morgan fingerprint density at radius 2 is 1.27 bits per heavy atom. The van der Waals surface area contributed by atoms with E-state index in [2.05, 4.69) is 83.0 Å². The highest BCUT2D eigenvalue weighted by atomic mass is 32.2. The van der Waals surface area contributed by atoms with Crippen LogP contribution in [0.25, 0.3) is 31.7 Å². The summed E-state index contributed by atoms with van der Waals surface area (Å²) in [5.41, 5.74) is 5.21. The molecule has 0 N–H and O–H groups in total. The third-order valence-electron chi connectivity index (χ3n) is 3.81. The Morgan fingerprint density at radius 1 is 0.773 bits per heavy atom. The predicted molar refractivity (Wildman–Crippen MR) is 92.9 cm³/mol. The number of pyridine rings is 2. The number of hydrogen-bond acceptors (Lipinski definition) is 2. The first-order valence-corrected chi connectivity index (χ1v) is 8.88. The van der Waals surface area contributed by atoms with E-state index in [-0.39, 0.29) is 0 Å². The molecule has 0 bridgehead atoms. The summed E-state index contributed by atoms with van der Waals surface area (Å²) in [6.45, 7) is 0. The van der Waals surface area contributed by atoms with Crippen molar-refractivity contribution in [3.63, 3.8) is 0 Å². The molecule has 0 saturated carbocycles. The van der Waals surface area contributed by atoms with Gasteiger partial charge < -0.3 is 0 Å². The minimum absolute atomic E-state index is 1.27. The molecular weight excluding hydrogens is 308 g/mol. The van der Waals surface area contributed by atoms with Gasteiger partial charge in [0.2, 0.25) is 0 Å². The number of hydrogen-bond donors (Lipinski definition) is 0. The SMILES string of the molecule is C[n+]1cccc(-c2csc3scc(-c4ccc[n+](C)c4)c23)c1. The Bertz CT molecular complexity index is 891. The Hall–Kier alpha value is -2.04. The van der Waals surface area contributed by atoms with E-state index in [0.717, 1.165) is 0 Å². The summed E-state index contributed by atoms with van der Waals surface area (Å²) in [7, 11) is 4.14.